The molecule has 1 saturated heterocycles. The maximum absolute atomic E-state index is 16.1. The summed E-state index contributed by atoms with van der Waals surface area (Å²) >= 11 is 6.93. The van der Waals surface area contributed by atoms with Crippen LogP contribution in [0.3, 0.4) is 0 Å². The Balaban J connectivity index is 1.19. The van der Waals surface area contributed by atoms with E-state index in [0.29, 0.717) is 5.56 Å². The predicted molar refractivity (Wildman–Crippen MR) is 287 cm³/mol. The summed E-state index contributed by atoms with van der Waals surface area (Å²) in [6.45, 7) is 13.2. The molecule has 1 saturated carbocycles. The van der Waals surface area contributed by atoms with Crippen molar-refractivity contribution in [1.29, 1.82) is 0 Å². The summed E-state index contributed by atoms with van der Waals surface area (Å²) < 4.78 is 35.5. The second kappa shape index (κ2) is 21.8. The van der Waals surface area contributed by atoms with E-state index in [2.05, 4.69) is 10.4 Å². The van der Waals surface area contributed by atoms with Crippen molar-refractivity contribution in [3.8, 4) is 17.2 Å². The number of piperazine rings is 1. The number of benzene rings is 3. The number of ether oxygens (including phenoxy) is 3. The number of amides is 1. The topological polar surface area (TPSA) is 270 Å². The number of pyridine rings is 1. The smallest absolute Gasteiger partial charge is 0.341 e. The minimum atomic E-state index is -1.65. The molecule has 7 N–H and O–H groups in total. The SMILES string of the molecule is CO[C@H]1C=CO[C@@]2(C)Cc3c(C)c(O)c4c(O)c(c(C=NN5CCN(c6c(F)cc7c(=O)c(C(=O)O)cn(C8CC8)c7c6Cl)CC5)c(O)c4c3C2=O)NC(=O)C(C)=CC=C[C@H](C)[C@H](O)[C@@H](C)[C@@H](O)[C@@H](C)[C@H](OC(C)=O)[C@@H]1C. The Labute approximate surface area is 448 Å². The summed E-state index contributed by atoms with van der Waals surface area (Å²) in [5, 5.41) is 77.5. The number of hydrazone groups is 1. The average Bonchev–Trinajstić information content (AvgIpc) is 4.21. The Bertz CT molecular complexity index is 3270. The van der Waals surface area contributed by atoms with Gasteiger partial charge in [0, 0.05) is 86.0 Å². The van der Waals surface area contributed by atoms with Gasteiger partial charge in [-0.2, -0.15) is 5.10 Å². The number of rotatable bonds is 7. The number of esters is 1. The van der Waals surface area contributed by atoms with Crippen LogP contribution in [0.1, 0.15) is 105 Å². The molecule has 1 amide bonds. The third kappa shape index (κ3) is 10.3. The number of methoxy groups -OCH3 is 1. The van der Waals surface area contributed by atoms with E-state index in [-0.39, 0.29) is 99.0 Å². The number of aromatic nitrogens is 1. The zero-order valence-electron chi connectivity index (χ0n) is 44.3. The number of allylic oxidation sites excluding steroid dienone is 2. The maximum Gasteiger partial charge on any atom is 0.341 e. The van der Waals surface area contributed by atoms with Gasteiger partial charge in [-0.05, 0) is 56.9 Å². The van der Waals surface area contributed by atoms with Crippen LogP contribution >= 0.6 is 11.6 Å². The van der Waals surface area contributed by atoms with Crippen LogP contribution in [0.2, 0.25) is 5.02 Å². The number of phenols is 3. The van der Waals surface area contributed by atoms with Crippen LogP contribution < -0.4 is 15.6 Å². The zero-order chi connectivity index (χ0) is 56.3. The van der Waals surface area contributed by atoms with Crippen molar-refractivity contribution in [2.45, 2.75) is 111 Å². The lowest BCUT2D eigenvalue weighted by atomic mass is 9.78. The molecule has 0 unspecified atom stereocenters. The minimum absolute atomic E-state index is 0.0175. The summed E-state index contributed by atoms with van der Waals surface area (Å²) in [6.07, 6.45) is 7.25. The fraction of sp³-hybridized carbons (Fsp3) is 0.464. The molecule has 3 aromatic carbocycles. The number of ketones is 1. The number of nitrogens with zero attached hydrogens (tertiary/aromatic N) is 4. The number of carboxylic acids is 1. The summed E-state index contributed by atoms with van der Waals surface area (Å²) in [5.41, 5.74) is -2.79. The molecule has 77 heavy (non-hydrogen) atoms. The van der Waals surface area contributed by atoms with Crippen LogP contribution in [0.5, 0.6) is 17.2 Å². The van der Waals surface area contributed by atoms with Crippen molar-refractivity contribution in [3.63, 3.8) is 0 Å². The number of carboxylic acid groups (broad SMARTS) is 1. The van der Waals surface area contributed by atoms with Crippen molar-refractivity contribution in [3.05, 3.63) is 97.3 Å². The van der Waals surface area contributed by atoms with Gasteiger partial charge in [0.15, 0.2) is 11.4 Å². The Morgan fingerprint density at radius 3 is 2.25 bits per heavy atom. The summed E-state index contributed by atoms with van der Waals surface area (Å²) in [5.74, 6) is -8.66. The van der Waals surface area contributed by atoms with Gasteiger partial charge in [-0.25, -0.2) is 9.18 Å². The molecule has 0 radical (unpaired) electrons. The van der Waals surface area contributed by atoms with Gasteiger partial charge in [0.1, 0.15) is 29.0 Å². The molecule has 2 aliphatic carbocycles. The number of phenolic OH excluding ortho intramolecular Hbond substituents is 3. The van der Waals surface area contributed by atoms with E-state index in [1.807, 2.05) is 0 Å². The number of aliphatic hydroxyl groups is 2. The third-order valence-corrected chi connectivity index (χ3v) is 16.2. The molecule has 9 atom stereocenters. The van der Waals surface area contributed by atoms with E-state index in [4.69, 9.17) is 25.8 Å². The number of carbonyl (C=O) groups excluding carboxylic acids is 3. The summed E-state index contributed by atoms with van der Waals surface area (Å²) in [7, 11) is 1.44. The van der Waals surface area contributed by atoms with Crippen LogP contribution in [0.25, 0.3) is 21.7 Å². The Hall–Kier alpha value is -7.00. The number of hydrogen-bond donors (Lipinski definition) is 7. The second-order valence-corrected chi connectivity index (χ2v) is 21.4. The number of Topliss-reactive ketones (excluding diaryl/α,β-unsaturated/α-hetero) is 1. The van der Waals surface area contributed by atoms with Gasteiger partial charge in [0.05, 0.1) is 82.1 Å². The highest BCUT2D eigenvalue weighted by molar-refractivity contribution is 6.38. The molecule has 3 aliphatic heterocycles. The van der Waals surface area contributed by atoms with Crippen molar-refractivity contribution in [1.82, 2.24) is 9.58 Å². The van der Waals surface area contributed by atoms with Crippen molar-refractivity contribution >= 4 is 74.5 Å². The number of aromatic hydroxyl groups is 3. The third-order valence-electron chi connectivity index (χ3n) is 15.8. The van der Waals surface area contributed by atoms with Crippen LogP contribution in [0.15, 0.2) is 58.3 Å². The Kier molecular flexibility index (Phi) is 15.9. The summed E-state index contributed by atoms with van der Waals surface area (Å²) in [6, 6.07) is 0.900. The Morgan fingerprint density at radius 1 is 0.948 bits per heavy atom. The van der Waals surface area contributed by atoms with E-state index in [0.717, 1.165) is 18.9 Å². The standard InChI is InChI=1S/C56H65ClFN5O14/c1-25-11-10-12-26(2)54(72)60-43-35(23-59-62-18-16-61(17-19-62)45-37(58)21-33-44(42(45)57)63(32-13-14-32)24-36(49(33)68)55(73)74)50(69)40-39-34(27(3)48(67)41(40)51(43)70)22-56(8,53(39)71)76-20-15-38(75-9)28(4)52(77-31(7)64)30(6)47(66)29(5)46(25)65/h10-12,15,20-21,23-25,28-30,32,38,46-47,52,65-67,69-70H,13-14,16-19,22H2,1-9H3,(H,60,72)(H,73,74)/t25-,28+,29+,30+,38-,46-,47+,52+,56-/m0/s1. The number of hydrogen-bond acceptors (Lipinski definition) is 16. The Morgan fingerprint density at radius 2 is 1.62 bits per heavy atom. The lowest BCUT2D eigenvalue weighted by Crippen LogP contribution is -2.46. The molecule has 4 heterocycles. The number of aromatic carboxylic acids is 1. The molecular weight excluding hydrogens is 1020 g/mol. The van der Waals surface area contributed by atoms with Gasteiger partial charge < -0.3 is 59.6 Å². The van der Waals surface area contributed by atoms with Gasteiger partial charge in [0.2, 0.25) is 11.2 Å². The quantitative estimate of drug-likeness (QED) is 0.0415. The molecule has 0 spiro atoms. The second-order valence-electron chi connectivity index (χ2n) is 21.0. The van der Waals surface area contributed by atoms with E-state index < -0.39 is 111 Å². The van der Waals surface area contributed by atoms with Gasteiger partial charge in [-0.3, -0.25) is 24.2 Å². The first kappa shape index (κ1) is 56.2. The molecular formula is C56H65ClFN5O14. The first-order valence-corrected chi connectivity index (χ1v) is 25.9. The van der Waals surface area contributed by atoms with E-state index in [9.17, 15) is 54.6 Å². The number of aliphatic hydroxyl groups excluding tert-OH is 2. The zero-order valence-corrected chi connectivity index (χ0v) is 45.0. The van der Waals surface area contributed by atoms with Crippen LogP contribution in [0, 0.1) is 36.4 Å². The average molecular weight is 1090 g/mol. The maximum atomic E-state index is 16.1. The van der Waals surface area contributed by atoms with E-state index in [1.54, 1.807) is 61.2 Å². The minimum Gasteiger partial charge on any atom is -0.507 e. The molecule has 4 aromatic rings. The van der Waals surface area contributed by atoms with E-state index in [1.165, 1.54) is 58.7 Å². The number of fused-ring (bicyclic) bond motifs is 15. The number of anilines is 2. The van der Waals surface area contributed by atoms with Gasteiger partial charge in [-0.15, -0.1) is 0 Å². The van der Waals surface area contributed by atoms with Crippen LogP contribution in [0.4, 0.5) is 15.8 Å². The molecule has 19 nitrogen and oxygen atoms in total. The first-order chi connectivity index (χ1) is 36.3. The van der Waals surface area contributed by atoms with Crippen LogP contribution in [-0.2, 0) is 30.2 Å². The van der Waals surface area contributed by atoms with Crippen molar-refractivity contribution in [2.75, 3.05) is 43.5 Å². The number of nitrogens with one attached hydrogen (secondary N) is 1. The van der Waals surface area contributed by atoms with Crippen molar-refractivity contribution < 1.29 is 68.4 Å². The fourth-order valence-corrected chi connectivity index (χ4v) is 11.4. The number of halogens is 2. The molecule has 1 aromatic heterocycles. The highest BCUT2D eigenvalue weighted by Crippen LogP contribution is 2.53. The van der Waals surface area contributed by atoms with Crippen molar-refractivity contribution in [2.24, 2.45) is 28.8 Å². The lowest BCUT2D eigenvalue weighted by molar-refractivity contribution is -0.160. The largest absolute Gasteiger partial charge is 0.507 e. The van der Waals surface area contributed by atoms with Gasteiger partial charge in [0.25, 0.3) is 5.91 Å². The van der Waals surface area contributed by atoms with E-state index >= 15 is 4.39 Å². The summed E-state index contributed by atoms with van der Waals surface area (Å²) in [4.78, 5) is 68.2. The first-order valence-electron chi connectivity index (χ1n) is 25.5. The highest BCUT2D eigenvalue weighted by atomic mass is 35.5. The molecule has 9 rings (SSSR count). The molecule has 5 aliphatic rings. The predicted octanol–water partition coefficient (Wildman–Crippen LogP) is 7.26. The van der Waals surface area contributed by atoms with Gasteiger partial charge >= 0.3 is 11.9 Å². The molecule has 5 bridgehead atoms. The molecule has 21 heteroatoms. The lowest BCUT2D eigenvalue weighted by Gasteiger charge is -2.38. The fourth-order valence-electron chi connectivity index (χ4n) is 11.0. The van der Waals surface area contributed by atoms with Gasteiger partial charge in [-0.1, -0.05) is 57.5 Å². The van der Waals surface area contributed by atoms with Crippen LogP contribution in [-0.4, -0.2) is 133 Å². The molecule has 412 valence electrons. The normalized spacial score (nSPS) is 26.7. The molecule has 2 fully saturated rings. The number of carbonyl (C=O) groups is 4. The highest BCUT2D eigenvalue weighted by Gasteiger charge is 2.48. The monoisotopic (exact) mass is 1090 g/mol.